The number of carboxylic acid groups (broad SMARTS) is 1. The lowest BCUT2D eigenvalue weighted by Crippen LogP contribution is -2.34. The quantitative estimate of drug-likeness (QED) is 0.789. The van der Waals surface area contributed by atoms with Gasteiger partial charge in [-0.1, -0.05) is 25.1 Å². The molecule has 1 amide bonds. The van der Waals surface area contributed by atoms with Gasteiger partial charge in [-0.25, -0.2) is 0 Å². The number of nitrogens with one attached hydrogen (secondary N) is 1. The van der Waals surface area contributed by atoms with Gasteiger partial charge >= 0.3 is 5.97 Å². The Kier molecular flexibility index (Phi) is 5.79. The summed E-state index contributed by atoms with van der Waals surface area (Å²) in [6.45, 7) is 4.53. The third-order valence-corrected chi connectivity index (χ3v) is 3.94. The van der Waals surface area contributed by atoms with E-state index >= 15 is 0 Å². The number of carbonyl (C=O) groups is 2. The van der Waals surface area contributed by atoms with E-state index in [2.05, 4.69) is 5.32 Å². The van der Waals surface area contributed by atoms with Crippen LogP contribution in [-0.4, -0.2) is 23.6 Å². The summed E-state index contributed by atoms with van der Waals surface area (Å²) in [4.78, 5) is 23.9. The molecule has 0 fully saturated rings. The lowest BCUT2D eigenvalue weighted by Gasteiger charge is -2.24. The van der Waals surface area contributed by atoms with Gasteiger partial charge in [-0.3, -0.25) is 9.59 Å². The minimum absolute atomic E-state index is 0.271. The molecule has 1 aliphatic rings. The standard InChI is InChI=1S/C18H23NO4/c1-3-10-23-16-11-12(2)8-9-15(16)19-17(20)13-6-4-5-7-14(13)18(21)22/h4-5,8-9,11,13-14H,3,6-7,10H2,1-2H3,(H,19,20)(H,21,22)/t13-,14+/m0/s1. The molecule has 2 rings (SSSR count). The van der Waals surface area contributed by atoms with Crippen molar-refractivity contribution < 1.29 is 19.4 Å². The number of ether oxygens (including phenoxy) is 1. The fraction of sp³-hybridized carbons (Fsp3) is 0.444. The number of allylic oxidation sites excluding steroid dienone is 2. The van der Waals surface area contributed by atoms with E-state index in [4.69, 9.17) is 4.74 Å². The van der Waals surface area contributed by atoms with Gasteiger partial charge in [0.15, 0.2) is 0 Å². The van der Waals surface area contributed by atoms with Crippen LogP contribution in [0, 0.1) is 18.8 Å². The number of rotatable bonds is 6. The van der Waals surface area contributed by atoms with Gasteiger partial charge in [-0.15, -0.1) is 0 Å². The first-order chi connectivity index (χ1) is 11.0. The average molecular weight is 317 g/mol. The molecule has 23 heavy (non-hydrogen) atoms. The molecule has 124 valence electrons. The minimum atomic E-state index is -0.930. The first kappa shape index (κ1) is 17.1. The number of amides is 1. The van der Waals surface area contributed by atoms with Gasteiger partial charge in [0.05, 0.1) is 24.1 Å². The van der Waals surface area contributed by atoms with Crippen LogP contribution < -0.4 is 10.1 Å². The molecule has 0 aliphatic heterocycles. The molecule has 0 saturated carbocycles. The Morgan fingerprint density at radius 2 is 1.96 bits per heavy atom. The van der Waals surface area contributed by atoms with Gasteiger partial charge in [0, 0.05) is 0 Å². The van der Waals surface area contributed by atoms with Crippen LogP contribution in [0.3, 0.4) is 0 Å². The molecule has 0 spiro atoms. The molecule has 1 aromatic carbocycles. The number of hydrogen-bond acceptors (Lipinski definition) is 3. The lowest BCUT2D eigenvalue weighted by molar-refractivity contribution is -0.146. The summed E-state index contributed by atoms with van der Waals surface area (Å²) < 4.78 is 5.68. The van der Waals surface area contributed by atoms with Crippen molar-refractivity contribution in [1.29, 1.82) is 0 Å². The summed E-state index contributed by atoms with van der Waals surface area (Å²) in [7, 11) is 0. The van der Waals surface area contributed by atoms with Gasteiger partial charge in [0.2, 0.25) is 5.91 Å². The zero-order valence-electron chi connectivity index (χ0n) is 13.5. The smallest absolute Gasteiger partial charge is 0.307 e. The van der Waals surface area contributed by atoms with Crippen LogP contribution >= 0.6 is 0 Å². The van der Waals surface area contributed by atoms with Crippen LogP contribution in [0.15, 0.2) is 30.4 Å². The number of aliphatic carboxylic acids is 1. The second-order valence-corrected chi connectivity index (χ2v) is 5.83. The van der Waals surface area contributed by atoms with Crippen LogP contribution in [0.5, 0.6) is 5.75 Å². The minimum Gasteiger partial charge on any atom is -0.491 e. The van der Waals surface area contributed by atoms with Crippen LogP contribution in [0.1, 0.15) is 31.7 Å². The topological polar surface area (TPSA) is 75.6 Å². The van der Waals surface area contributed by atoms with Crippen LogP contribution in [-0.2, 0) is 9.59 Å². The number of hydrogen-bond donors (Lipinski definition) is 2. The van der Waals surface area contributed by atoms with Crippen molar-refractivity contribution in [3.05, 3.63) is 35.9 Å². The summed E-state index contributed by atoms with van der Waals surface area (Å²) in [5.41, 5.74) is 1.63. The molecule has 0 aromatic heterocycles. The molecular weight excluding hydrogens is 294 g/mol. The normalized spacial score (nSPS) is 20.1. The summed E-state index contributed by atoms with van der Waals surface area (Å²) in [6.07, 6.45) is 5.40. The van der Waals surface area contributed by atoms with Crippen molar-refractivity contribution in [2.75, 3.05) is 11.9 Å². The Morgan fingerprint density at radius 1 is 1.26 bits per heavy atom. The summed E-state index contributed by atoms with van der Waals surface area (Å²) in [5.74, 6) is -1.81. The summed E-state index contributed by atoms with van der Waals surface area (Å²) in [5, 5.41) is 12.1. The van der Waals surface area contributed by atoms with Crippen molar-refractivity contribution >= 4 is 17.6 Å². The maximum atomic E-state index is 12.5. The maximum Gasteiger partial charge on any atom is 0.307 e. The van der Waals surface area contributed by atoms with Crippen molar-refractivity contribution in [2.24, 2.45) is 11.8 Å². The number of aryl methyl sites for hydroxylation is 1. The molecule has 5 nitrogen and oxygen atoms in total. The molecule has 0 unspecified atom stereocenters. The van der Waals surface area contributed by atoms with E-state index in [0.717, 1.165) is 12.0 Å². The molecule has 2 N–H and O–H groups in total. The number of benzene rings is 1. The van der Waals surface area contributed by atoms with Gasteiger partial charge in [0.25, 0.3) is 0 Å². The van der Waals surface area contributed by atoms with E-state index in [1.165, 1.54) is 0 Å². The third-order valence-electron chi connectivity index (χ3n) is 3.94. The Hall–Kier alpha value is -2.30. The van der Waals surface area contributed by atoms with E-state index in [1.807, 2.05) is 38.1 Å². The van der Waals surface area contributed by atoms with Crippen molar-refractivity contribution in [2.45, 2.75) is 33.1 Å². The second-order valence-electron chi connectivity index (χ2n) is 5.83. The fourth-order valence-electron chi connectivity index (χ4n) is 2.67. The summed E-state index contributed by atoms with van der Waals surface area (Å²) >= 11 is 0. The molecular formula is C18H23NO4. The van der Waals surface area contributed by atoms with E-state index in [0.29, 0.717) is 30.9 Å². The highest BCUT2D eigenvalue weighted by Gasteiger charge is 2.34. The molecule has 2 atom stereocenters. The van der Waals surface area contributed by atoms with Crippen LogP contribution in [0.2, 0.25) is 0 Å². The van der Waals surface area contributed by atoms with E-state index in [1.54, 1.807) is 6.07 Å². The molecule has 0 saturated heterocycles. The third kappa shape index (κ3) is 4.34. The zero-order valence-corrected chi connectivity index (χ0v) is 13.5. The Bertz CT molecular complexity index is 609. The van der Waals surface area contributed by atoms with E-state index < -0.39 is 17.8 Å². The SMILES string of the molecule is CCCOc1cc(C)ccc1NC(=O)[C@H]1CC=CC[C@H]1C(=O)O. The molecule has 0 radical (unpaired) electrons. The summed E-state index contributed by atoms with van der Waals surface area (Å²) in [6, 6.07) is 5.57. The van der Waals surface area contributed by atoms with Crippen molar-refractivity contribution in [3.8, 4) is 5.75 Å². The predicted molar refractivity (Wildman–Crippen MR) is 88.6 cm³/mol. The van der Waals surface area contributed by atoms with Gasteiger partial charge in [-0.05, 0) is 43.9 Å². The van der Waals surface area contributed by atoms with Gasteiger partial charge in [0.1, 0.15) is 5.75 Å². The highest BCUT2D eigenvalue weighted by atomic mass is 16.5. The Balaban J connectivity index is 2.16. The predicted octanol–water partition coefficient (Wildman–Crippen LogP) is 3.39. The van der Waals surface area contributed by atoms with Gasteiger partial charge < -0.3 is 15.2 Å². The maximum absolute atomic E-state index is 12.5. The molecule has 1 aliphatic carbocycles. The highest BCUT2D eigenvalue weighted by molar-refractivity contribution is 5.96. The average Bonchev–Trinajstić information content (AvgIpc) is 2.54. The van der Waals surface area contributed by atoms with E-state index in [9.17, 15) is 14.7 Å². The van der Waals surface area contributed by atoms with Crippen LogP contribution in [0.4, 0.5) is 5.69 Å². The Morgan fingerprint density at radius 3 is 2.61 bits per heavy atom. The van der Waals surface area contributed by atoms with Crippen LogP contribution in [0.25, 0.3) is 0 Å². The second kappa shape index (κ2) is 7.81. The number of anilines is 1. The lowest BCUT2D eigenvalue weighted by atomic mass is 9.82. The fourth-order valence-corrected chi connectivity index (χ4v) is 2.67. The first-order valence-electron chi connectivity index (χ1n) is 7.95. The Labute approximate surface area is 136 Å². The molecule has 0 bridgehead atoms. The van der Waals surface area contributed by atoms with E-state index in [-0.39, 0.29) is 5.91 Å². The van der Waals surface area contributed by atoms with Gasteiger partial charge in [-0.2, -0.15) is 0 Å². The first-order valence-corrected chi connectivity index (χ1v) is 7.95. The zero-order chi connectivity index (χ0) is 16.8. The van der Waals surface area contributed by atoms with Crippen molar-refractivity contribution in [1.82, 2.24) is 0 Å². The molecule has 0 heterocycles. The molecule has 1 aromatic rings. The molecule has 5 heteroatoms. The largest absolute Gasteiger partial charge is 0.491 e. The monoisotopic (exact) mass is 317 g/mol. The number of carbonyl (C=O) groups excluding carboxylic acids is 1. The van der Waals surface area contributed by atoms with Crippen molar-refractivity contribution in [3.63, 3.8) is 0 Å². The highest BCUT2D eigenvalue weighted by Crippen LogP contribution is 2.30. The number of carboxylic acids is 1.